The molecule has 2 aliphatic heterocycles. The molecule has 0 aromatic rings. The zero-order valence-electron chi connectivity index (χ0n) is 12.7. The summed E-state index contributed by atoms with van der Waals surface area (Å²) >= 11 is 0. The molecular weight excluding hydrogens is 232 g/mol. The van der Waals surface area contributed by atoms with Crippen LogP contribution in [0.2, 0.25) is 0 Å². The fourth-order valence-corrected chi connectivity index (χ4v) is 6.19. The van der Waals surface area contributed by atoms with E-state index in [-0.39, 0.29) is 0 Å². The lowest BCUT2D eigenvalue weighted by atomic mass is 9.56. The molecule has 4 rings (SSSR count). The van der Waals surface area contributed by atoms with Crippen molar-refractivity contribution in [3.8, 4) is 0 Å². The summed E-state index contributed by atoms with van der Waals surface area (Å²) < 4.78 is 0. The first kappa shape index (κ1) is 12.6. The van der Waals surface area contributed by atoms with Crippen LogP contribution in [-0.2, 0) is 0 Å². The molecule has 0 aromatic carbocycles. The van der Waals surface area contributed by atoms with Crippen molar-refractivity contribution < 1.29 is 0 Å². The highest BCUT2D eigenvalue weighted by molar-refractivity contribution is 5.10. The quantitative estimate of drug-likeness (QED) is 0.759. The van der Waals surface area contributed by atoms with Gasteiger partial charge in [-0.2, -0.15) is 0 Å². The van der Waals surface area contributed by atoms with E-state index in [9.17, 15) is 0 Å². The van der Waals surface area contributed by atoms with Gasteiger partial charge in [0.25, 0.3) is 0 Å². The molecule has 0 bridgehead atoms. The molecular formula is C17H30N2. The monoisotopic (exact) mass is 262 g/mol. The van der Waals surface area contributed by atoms with Crippen LogP contribution in [0.3, 0.4) is 0 Å². The lowest BCUT2D eigenvalue weighted by Crippen LogP contribution is -2.45. The van der Waals surface area contributed by atoms with E-state index in [1.54, 1.807) is 0 Å². The second-order valence-electron chi connectivity index (χ2n) is 8.11. The fraction of sp³-hybridized carbons (Fsp3) is 1.00. The molecule has 2 nitrogen and oxygen atoms in total. The Morgan fingerprint density at radius 2 is 1.79 bits per heavy atom. The summed E-state index contributed by atoms with van der Waals surface area (Å²) in [7, 11) is 0. The van der Waals surface area contributed by atoms with Crippen molar-refractivity contribution in [3.63, 3.8) is 0 Å². The van der Waals surface area contributed by atoms with Crippen LogP contribution in [0, 0.1) is 22.7 Å². The highest BCUT2D eigenvalue weighted by Gasteiger charge is 2.57. The molecule has 2 saturated carbocycles. The van der Waals surface area contributed by atoms with Gasteiger partial charge >= 0.3 is 0 Å². The average Bonchev–Trinajstić information content (AvgIpc) is 2.99. The Morgan fingerprint density at radius 3 is 2.42 bits per heavy atom. The van der Waals surface area contributed by atoms with E-state index < -0.39 is 0 Å². The fourth-order valence-electron chi connectivity index (χ4n) is 6.19. The Kier molecular flexibility index (Phi) is 2.80. The van der Waals surface area contributed by atoms with Gasteiger partial charge in [-0.3, -0.25) is 0 Å². The maximum Gasteiger partial charge on any atom is 0.00985 e. The molecule has 5 atom stereocenters. The van der Waals surface area contributed by atoms with Crippen LogP contribution in [0.25, 0.3) is 0 Å². The molecule has 2 heteroatoms. The smallest absolute Gasteiger partial charge is 0.00985 e. The Labute approximate surface area is 118 Å². The number of hydrogen-bond donors (Lipinski definition) is 2. The summed E-state index contributed by atoms with van der Waals surface area (Å²) in [6.07, 6.45) is 10.4. The zero-order chi connectivity index (χ0) is 13.1. The minimum atomic E-state index is 0.668. The maximum absolute atomic E-state index is 3.81. The van der Waals surface area contributed by atoms with Crippen molar-refractivity contribution in [2.75, 3.05) is 13.1 Å². The van der Waals surface area contributed by atoms with Crippen LogP contribution in [0.5, 0.6) is 0 Å². The largest absolute Gasteiger partial charge is 0.314 e. The minimum Gasteiger partial charge on any atom is -0.314 e. The first-order valence-corrected chi connectivity index (χ1v) is 8.63. The van der Waals surface area contributed by atoms with Gasteiger partial charge < -0.3 is 10.6 Å². The molecule has 2 saturated heterocycles. The van der Waals surface area contributed by atoms with Gasteiger partial charge in [-0.1, -0.05) is 6.42 Å². The first-order chi connectivity index (χ1) is 9.16. The third-order valence-corrected chi connectivity index (χ3v) is 7.77. The molecule has 5 unspecified atom stereocenters. The van der Waals surface area contributed by atoms with Crippen LogP contribution in [0.1, 0.15) is 58.8 Å². The van der Waals surface area contributed by atoms with Crippen molar-refractivity contribution in [1.29, 1.82) is 0 Å². The van der Waals surface area contributed by atoms with Gasteiger partial charge in [0, 0.05) is 12.1 Å². The summed E-state index contributed by atoms with van der Waals surface area (Å²) in [5.41, 5.74) is 1.37. The Morgan fingerprint density at radius 1 is 0.947 bits per heavy atom. The van der Waals surface area contributed by atoms with Gasteiger partial charge in [-0.25, -0.2) is 0 Å². The normalized spacial score (nSPS) is 52.1. The predicted octanol–water partition coefficient (Wildman–Crippen LogP) is 2.93. The van der Waals surface area contributed by atoms with E-state index in [2.05, 4.69) is 24.5 Å². The third-order valence-electron chi connectivity index (χ3n) is 7.77. The molecule has 2 aliphatic carbocycles. The highest BCUT2D eigenvalue weighted by Crippen LogP contribution is 2.60. The van der Waals surface area contributed by atoms with Gasteiger partial charge in [-0.15, -0.1) is 0 Å². The Bertz CT molecular complexity index is 362. The average molecular weight is 262 g/mol. The summed E-state index contributed by atoms with van der Waals surface area (Å²) in [5, 5.41) is 7.52. The zero-order valence-corrected chi connectivity index (χ0v) is 12.7. The highest BCUT2D eigenvalue weighted by atomic mass is 15.0. The first-order valence-electron chi connectivity index (χ1n) is 8.63. The molecule has 108 valence electrons. The van der Waals surface area contributed by atoms with Crippen molar-refractivity contribution in [3.05, 3.63) is 0 Å². The lowest BCUT2D eigenvalue weighted by Gasteiger charge is -2.48. The summed E-state index contributed by atoms with van der Waals surface area (Å²) in [4.78, 5) is 0. The standard InChI is InChI=1S/C17H30N2/c1-12-16(8-9-18-12)7-4-14(10-16)15-11-19-13(2)17(15)5-3-6-17/h12-15,18-19H,3-11H2,1-2H3. The van der Waals surface area contributed by atoms with Crippen LogP contribution < -0.4 is 10.6 Å². The number of nitrogens with one attached hydrogen (secondary N) is 2. The summed E-state index contributed by atoms with van der Waals surface area (Å²) in [5.74, 6) is 2.00. The van der Waals surface area contributed by atoms with Gasteiger partial charge in [0.2, 0.25) is 0 Å². The topological polar surface area (TPSA) is 24.1 Å². The molecule has 2 N–H and O–H groups in total. The third kappa shape index (κ3) is 1.62. The predicted molar refractivity (Wildman–Crippen MR) is 79.1 cm³/mol. The molecule has 4 fully saturated rings. The van der Waals surface area contributed by atoms with Crippen molar-refractivity contribution in [2.45, 2.75) is 70.9 Å². The lowest BCUT2D eigenvalue weighted by molar-refractivity contribution is 0.0309. The van der Waals surface area contributed by atoms with Gasteiger partial charge in [0.15, 0.2) is 0 Å². The van der Waals surface area contributed by atoms with E-state index in [1.807, 2.05) is 0 Å². The van der Waals surface area contributed by atoms with E-state index in [4.69, 9.17) is 0 Å². The van der Waals surface area contributed by atoms with Crippen molar-refractivity contribution in [1.82, 2.24) is 10.6 Å². The molecule has 0 radical (unpaired) electrons. The molecule has 0 amide bonds. The second-order valence-corrected chi connectivity index (χ2v) is 8.11. The number of hydrogen-bond acceptors (Lipinski definition) is 2. The molecule has 2 spiro atoms. The minimum absolute atomic E-state index is 0.668. The van der Waals surface area contributed by atoms with E-state index in [1.165, 1.54) is 58.0 Å². The maximum atomic E-state index is 3.81. The Balaban J connectivity index is 1.52. The SMILES string of the molecule is CC1NCCC12CCC(C1CNC(C)C13CCC3)C2. The van der Waals surface area contributed by atoms with Gasteiger partial charge in [-0.05, 0) is 88.1 Å². The molecule has 0 aromatic heterocycles. The van der Waals surface area contributed by atoms with Crippen LogP contribution in [0.15, 0.2) is 0 Å². The van der Waals surface area contributed by atoms with Crippen LogP contribution >= 0.6 is 0 Å². The van der Waals surface area contributed by atoms with E-state index in [0.29, 0.717) is 10.8 Å². The molecule has 19 heavy (non-hydrogen) atoms. The summed E-state index contributed by atoms with van der Waals surface area (Å²) in [6.45, 7) is 7.45. The van der Waals surface area contributed by atoms with Crippen LogP contribution in [0.4, 0.5) is 0 Å². The second kappa shape index (κ2) is 4.21. The summed E-state index contributed by atoms with van der Waals surface area (Å²) in [6, 6.07) is 1.54. The molecule has 2 heterocycles. The van der Waals surface area contributed by atoms with Gasteiger partial charge in [0.05, 0.1) is 0 Å². The van der Waals surface area contributed by atoms with Gasteiger partial charge in [0.1, 0.15) is 0 Å². The van der Waals surface area contributed by atoms with Crippen molar-refractivity contribution in [2.24, 2.45) is 22.7 Å². The van der Waals surface area contributed by atoms with Crippen molar-refractivity contribution >= 4 is 0 Å². The number of rotatable bonds is 1. The van der Waals surface area contributed by atoms with E-state index >= 15 is 0 Å². The molecule has 4 aliphatic rings. The van der Waals surface area contributed by atoms with E-state index in [0.717, 1.165) is 23.9 Å². The van der Waals surface area contributed by atoms with Crippen LogP contribution in [-0.4, -0.2) is 25.2 Å². The Hall–Kier alpha value is -0.0800.